The molecule has 0 radical (unpaired) electrons. The highest BCUT2D eigenvalue weighted by Crippen LogP contribution is 2.23. The molecule has 19 heavy (non-hydrogen) atoms. The third kappa shape index (κ3) is 4.46. The fourth-order valence-corrected chi connectivity index (χ4v) is 3.20. The molecule has 2 fully saturated rings. The predicted octanol–water partition coefficient (Wildman–Crippen LogP) is 2.27. The molecular weight excluding hydrogens is 242 g/mol. The Kier molecular flexibility index (Phi) is 6.11. The highest BCUT2D eigenvalue weighted by atomic mass is 16.5. The maximum absolute atomic E-state index is 12.2. The summed E-state index contributed by atoms with van der Waals surface area (Å²) in [6.45, 7) is 3.88. The molecule has 0 bridgehead atoms. The SMILES string of the molecule is CCOC(=O)C(NC1CCCCC1)C1CCOCC1. The van der Waals surface area contributed by atoms with Crippen molar-refractivity contribution < 1.29 is 14.3 Å². The maximum Gasteiger partial charge on any atom is 0.323 e. The molecule has 1 aliphatic heterocycles. The van der Waals surface area contributed by atoms with Crippen molar-refractivity contribution >= 4 is 5.97 Å². The van der Waals surface area contributed by atoms with E-state index in [0.717, 1.165) is 26.1 Å². The Hall–Kier alpha value is -0.610. The molecule has 1 N–H and O–H groups in total. The second-order valence-electron chi connectivity index (χ2n) is 5.68. The van der Waals surface area contributed by atoms with Crippen molar-refractivity contribution in [1.29, 1.82) is 0 Å². The normalized spacial score (nSPS) is 24.1. The highest BCUT2D eigenvalue weighted by molar-refractivity contribution is 5.76. The van der Waals surface area contributed by atoms with Crippen LogP contribution in [0.5, 0.6) is 0 Å². The topological polar surface area (TPSA) is 47.6 Å². The summed E-state index contributed by atoms with van der Waals surface area (Å²) in [4.78, 5) is 12.2. The quantitative estimate of drug-likeness (QED) is 0.778. The highest BCUT2D eigenvalue weighted by Gasteiger charge is 2.32. The Labute approximate surface area is 116 Å². The van der Waals surface area contributed by atoms with Gasteiger partial charge < -0.3 is 14.8 Å². The second kappa shape index (κ2) is 7.85. The minimum absolute atomic E-state index is 0.0695. The number of nitrogens with one attached hydrogen (secondary N) is 1. The average molecular weight is 269 g/mol. The molecule has 1 saturated carbocycles. The van der Waals surface area contributed by atoms with Gasteiger partial charge in [-0.2, -0.15) is 0 Å². The predicted molar refractivity (Wildman–Crippen MR) is 74.0 cm³/mol. The van der Waals surface area contributed by atoms with Crippen molar-refractivity contribution in [2.45, 2.75) is 64.0 Å². The summed E-state index contributed by atoms with van der Waals surface area (Å²) in [5.41, 5.74) is 0. The zero-order chi connectivity index (χ0) is 13.5. The molecule has 0 aromatic rings. The van der Waals surface area contributed by atoms with Crippen LogP contribution in [0.2, 0.25) is 0 Å². The van der Waals surface area contributed by atoms with Gasteiger partial charge in [-0.3, -0.25) is 4.79 Å². The second-order valence-corrected chi connectivity index (χ2v) is 5.68. The third-order valence-corrected chi connectivity index (χ3v) is 4.30. The van der Waals surface area contributed by atoms with Crippen LogP contribution in [0.4, 0.5) is 0 Å². The molecular formula is C15H27NO3. The van der Waals surface area contributed by atoms with E-state index in [4.69, 9.17) is 9.47 Å². The van der Waals surface area contributed by atoms with Crippen LogP contribution in [0.15, 0.2) is 0 Å². The Morgan fingerprint density at radius 3 is 2.53 bits per heavy atom. The largest absolute Gasteiger partial charge is 0.465 e. The van der Waals surface area contributed by atoms with Gasteiger partial charge in [0.05, 0.1) is 6.61 Å². The lowest BCUT2D eigenvalue weighted by atomic mass is 9.88. The van der Waals surface area contributed by atoms with Gasteiger partial charge in [0, 0.05) is 19.3 Å². The summed E-state index contributed by atoms with van der Waals surface area (Å²) in [5.74, 6) is 0.301. The van der Waals surface area contributed by atoms with Gasteiger partial charge in [0.15, 0.2) is 0 Å². The molecule has 2 aliphatic rings. The lowest BCUT2D eigenvalue weighted by Gasteiger charge is -2.33. The Morgan fingerprint density at radius 2 is 1.89 bits per heavy atom. The number of hydrogen-bond donors (Lipinski definition) is 1. The van der Waals surface area contributed by atoms with E-state index in [9.17, 15) is 4.79 Å². The molecule has 110 valence electrons. The van der Waals surface area contributed by atoms with E-state index in [-0.39, 0.29) is 12.0 Å². The average Bonchev–Trinajstić information content (AvgIpc) is 2.47. The first-order valence-electron chi connectivity index (χ1n) is 7.81. The summed E-state index contributed by atoms with van der Waals surface area (Å²) >= 11 is 0. The van der Waals surface area contributed by atoms with Gasteiger partial charge in [0.2, 0.25) is 0 Å². The fourth-order valence-electron chi connectivity index (χ4n) is 3.20. The fraction of sp³-hybridized carbons (Fsp3) is 0.933. The number of ether oxygens (including phenoxy) is 2. The zero-order valence-corrected chi connectivity index (χ0v) is 12.0. The summed E-state index contributed by atoms with van der Waals surface area (Å²) in [6, 6.07) is 0.359. The van der Waals surface area contributed by atoms with E-state index >= 15 is 0 Å². The van der Waals surface area contributed by atoms with Crippen LogP contribution in [0.25, 0.3) is 0 Å². The first-order valence-corrected chi connectivity index (χ1v) is 7.81. The van der Waals surface area contributed by atoms with Gasteiger partial charge >= 0.3 is 5.97 Å². The number of rotatable bonds is 5. The molecule has 1 saturated heterocycles. The summed E-state index contributed by atoms with van der Waals surface area (Å²) in [5, 5.41) is 3.58. The lowest BCUT2D eigenvalue weighted by Crippen LogP contribution is -2.50. The van der Waals surface area contributed by atoms with Crippen LogP contribution in [0.1, 0.15) is 51.9 Å². The van der Waals surface area contributed by atoms with Crippen molar-refractivity contribution in [3.63, 3.8) is 0 Å². The molecule has 0 spiro atoms. The van der Waals surface area contributed by atoms with E-state index < -0.39 is 0 Å². The van der Waals surface area contributed by atoms with Gasteiger partial charge in [-0.15, -0.1) is 0 Å². The third-order valence-electron chi connectivity index (χ3n) is 4.30. The Bertz CT molecular complexity index is 271. The van der Waals surface area contributed by atoms with E-state index in [1.807, 2.05) is 6.92 Å². The Balaban J connectivity index is 1.93. The standard InChI is InChI=1S/C15H27NO3/c1-2-19-15(17)14(12-8-10-18-11-9-12)16-13-6-4-3-5-7-13/h12-14,16H,2-11H2,1H3. The van der Waals surface area contributed by atoms with Gasteiger partial charge in [0.25, 0.3) is 0 Å². The van der Waals surface area contributed by atoms with Crippen LogP contribution in [-0.4, -0.2) is 37.9 Å². The van der Waals surface area contributed by atoms with E-state index in [1.54, 1.807) is 0 Å². The van der Waals surface area contributed by atoms with Crippen LogP contribution in [0.3, 0.4) is 0 Å². The smallest absolute Gasteiger partial charge is 0.323 e. The summed E-state index contributed by atoms with van der Waals surface area (Å²) in [6.07, 6.45) is 8.20. The van der Waals surface area contributed by atoms with Crippen LogP contribution < -0.4 is 5.32 Å². The molecule has 1 unspecified atom stereocenters. The molecule has 1 atom stereocenters. The molecule has 0 aromatic carbocycles. The van der Waals surface area contributed by atoms with Gasteiger partial charge in [0.1, 0.15) is 6.04 Å². The Morgan fingerprint density at radius 1 is 1.21 bits per heavy atom. The van der Waals surface area contributed by atoms with Gasteiger partial charge in [-0.25, -0.2) is 0 Å². The van der Waals surface area contributed by atoms with Crippen molar-refractivity contribution in [3.8, 4) is 0 Å². The van der Waals surface area contributed by atoms with E-state index in [0.29, 0.717) is 18.6 Å². The molecule has 4 nitrogen and oxygen atoms in total. The maximum atomic E-state index is 12.2. The minimum atomic E-state index is -0.132. The van der Waals surface area contributed by atoms with Crippen molar-refractivity contribution in [2.75, 3.05) is 19.8 Å². The molecule has 1 heterocycles. The van der Waals surface area contributed by atoms with Crippen molar-refractivity contribution in [1.82, 2.24) is 5.32 Å². The molecule has 1 aliphatic carbocycles. The van der Waals surface area contributed by atoms with Gasteiger partial charge in [-0.1, -0.05) is 19.3 Å². The first-order chi connectivity index (χ1) is 9.31. The van der Waals surface area contributed by atoms with Crippen LogP contribution in [-0.2, 0) is 14.3 Å². The van der Waals surface area contributed by atoms with Crippen LogP contribution >= 0.6 is 0 Å². The monoisotopic (exact) mass is 269 g/mol. The lowest BCUT2D eigenvalue weighted by molar-refractivity contribution is -0.148. The van der Waals surface area contributed by atoms with Crippen molar-refractivity contribution in [3.05, 3.63) is 0 Å². The first kappa shape index (κ1) is 14.8. The molecule has 2 rings (SSSR count). The molecule has 4 heteroatoms. The zero-order valence-electron chi connectivity index (χ0n) is 12.0. The summed E-state index contributed by atoms with van der Waals surface area (Å²) < 4.78 is 10.7. The minimum Gasteiger partial charge on any atom is -0.465 e. The number of hydrogen-bond acceptors (Lipinski definition) is 4. The number of carbonyl (C=O) groups is 1. The number of esters is 1. The van der Waals surface area contributed by atoms with Crippen molar-refractivity contribution in [2.24, 2.45) is 5.92 Å². The molecule has 0 aromatic heterocycles. The molecule has 0 amide bonds. The van der Waals surface area contributed by atoms with Gasteiger partial charge in [-0.05, 0) is 38.5 Å². The van der Waals surface area contributed by atoms with E-state index in [2.05, 4.69) is 5.32 Å². The number of carbonyl (C=O) groups excluding carboxylic acids is 1. The van der Waals surface area contributed by atoms with E-state index in [1.165, 1.54) is 32.1 Å². The van der Waals surface area contributed by atoms with Crippen LogP contribution in [0, 0.1) is 5.92 Å². The summed E-state index contributed by atoms with van der Waals surface area (Å²) in [7, 11) is 0.